The number of ether oxygens (including phenoxy) is 1. The van der Waals surface area contributed by atoms with E-state index in [1.807, 2.05) is 18.2 Å². The quantitative estimate of drug-likeness (QED) is 0.432. The molecule has 0 aliphatic carbocycles. The second kappa shape index (κ2) is 8.16. The minimum Gasteiger partial charge on any atom is -0.435 e. The molecular formula is C23H17F2N3O3S. The third kappa shape index (κ3) is 3.87. The van der Waals surface area contributed by atoms with Crippen molar-refractivity contribution in [3.63, 3.8) is 0 Å². The smallest absolute Gasteiger partial charge is 0.387 e. The lowest BCUT2D eigenvalue weighted by Gasteiger charge is -2.24. The number of Topliss-reactive ketones (excluding diaryl/α,β-unsaturated/α-hetero) is 1. The summed E-state index contributed by atoms with van der Waals surface area (Å²) in [6, 6.07) is 15.1. The second-order valence-corrected chi connectivity index (χ2v) is 8.40. The van der Waals surface area contributed by atoms with Crippen molar-refractivity contribution >= 4 is 38.4 Å². The van der Waals surface area contributed by atoms with Gasteiger partial charge < -0.3 is 14.6 Å². The lowest BCUT2D eigenvalue weighted by Crippen LogP contribution is -2.31. The van der Waals surface area contributed by atoms with Gasteiger partial charge in [0, 0.05) is 12.6 Å². The van der Waals surface area contributed by atoms with Gasteiger partial charge in [-0.15, -0.1) is 0 Å². The molecule has 1 amide bonds. The van der Waals surface area contributed by atoms with E-state index < -0.39 is 12.7 Å². The molecule has 1 N–H and O–H groups in total. The van der Waals surface area contributed by atoms with E-state index >= 15 is 0 Å². The van der Waals surface area contributed by atoms with Gasteiger partial charge in [-0.05, 0) is 53.9 Å². The van der Waals surface area contributed by atoms with Crippen LogP contribution in [0.2, 0.25) is 0 Å². The first kappa shape index (κ1) is 20.3. The maximum absolute atomic E-state index is 12.9. The lowest BCUT2D eigenvalue weighted by molar-refractivity contribution is -0.119. The van der Waals surface area contributed by atoms with Crippen molar-refractivity contribution in [3.05, 3.63) is 66.5 Å². The lowest BCUT2D eigenvalue weighted by atomic mass is 10.0. The number of rotatable bonds is 5. The molecule has 1 unspecified atom stereocenters. The van der Waals surface area contributed by atoms with Crippen molar-refractivity contribution in [1.82, 2.24) is 9.55 Å². The van der Waals surface area contributed by atoms with Gasteiger partial charge in [-0.1, -0.05) is 29.5 Å². The second-order valence-electron chi connectivity index (χ2n) is 7.37. The van der Waals surface area contributed by atoms with Crippen LogP contribution >= 0.6 is 11.3 Å². The van der Waals surface area contributed by atoms with Gasteiger partial charge >= 0.3 is 6.61 Å². The van der Waals surface area contributed by atoms with Gasteiger partial charge in [-0.25, -0.2) is 4.98 Å². The molecule has 0 saturated heterocycles. The molecule has 1 aliphatic rings. The molecule has 32 heavy (non-hydrogen) atoms. The van der Waals surface area contributed by atoms with E-state index in [0.717, 1.165) is 21.3 Å². The number of carbonyl (C=O) groups is 2. The van der Waals surface area contributed by atoms with Crippen molar-refractivity contribution < 1.29 is 23.1 Å². The Balaban J connectivity index is 1.35. The molecular weight excluding hydrogens is 436 g/mol. The summed E-state index contributed by atoms with van der Waals surface area (Å²) in [5.41, 5.74) is 3.03. The zero-order valence-corrected chi connectivity index (χ0v) is 17.4. The first-order valence-corrected chi connectivity index (χ1v) is 10.8. The third-order valence-corrected chi connectivity index (χ3v) is 6.31. The number of alkyl halides is 2. The van der Waals surface area contributed by atoms with E-state index in [9.17, 15) is 18.4 Å². The number of benzene rings is 2. The summed E-state index contributed by atoms with van der Waals surface area (Å²) >= 11 is 1.35. The van der Waals surface area contributed by atoms with Crippen LogP contribution in [0.15, 0.2) is 60.8 Å². The van der Waals surface area contributed by atoms with Crippen LogP contribution in [0.1, 0.15) is 29.4 Å². The molecule has 4 aromatic rings. The summed E-state index contributed by atoms with van der Waals surface area (Å²) in [5, 5.41) is 3.36. The number of anilines is 1. The van der Waals surface area contributed by atoms with Crippen LogP contribution in [-0.4, -0.2) is 27.9 Å². The number of hydrogen-bond donors (Lipinski definition) is 1. The van der Waals surface area contributed by atoms with E-state index in [0.29, 0.717) is 23.7 Å². The average Bonchev–Trinajstić information content (AvgIpc) is 3.41. The van der Waals surface area contributed by atoms with E-state index in [1.165, 1.54) is 23.5 Å². The maximum Gasteiger partial charge on any atom is 0.387 e. The maximum atomic E-state index is 12.9. The number of ketones is 1. The molecule has 9 heteroatoms. The SMILES string of the molecule is O=C1CCC(C(=O)Nc2nc3ccc(-c4ccc(OC(F)F)cc4)cc3s2)n2cccc21. The standard InChI is InChI=1S/C23H17F2N3O3S/c24-22(25)31-15-6-3-13(4-7-15)14-5-8-16-20(12-14)32-23(26-16)27-21(30)18-9-10-19(29)17-2-1-11-28(17)18/h1-8,11-12,18,22H,9-10H2,(H,26,27,30). The molecule has 2 aromatic heterocycles. The number of aromatic nitrogens is 2. The van der Waals surface area contributed by atoms with Gasteiger partial charge in [0.2, 0.25) is 5.91 Å². The number of thiazole rings is 1. The molecule has 0 radical (unpaired) electrons. The fourth-order valence-electron chi connectivity index (χ4n) is 3.87. The Bertz CT molecular complexity index is 1310. The minimum absolute atomic E-state index is 0.0420. The summed E-state index contributed by atoms with van der Waals surface area (Å²) < 4.78 is 31.6. The molecule has 162 valence electrons. The summed E-state index contributed by atoms with van der Waals surface area (Å²) in [7, 11) is 0. The van der Waals surface area contributed by atoms with Crippen molar-refractivity contribution in [1.29, 1.82) is 0 Å². The fourth-order valence-corrected chi connectivity index (χ4v) is 4.78. The predicted molar refractivity (Wildman–Crippen MR) is 117 cm³/mol. The Kier molecular flexibility index (Phi) is 5.18. The number of carbonyl (C=O) groups excluding carboxylic acids is 2. The summed E-state index contributed by atoms with van der Waals surface area (Å²) in [5.74, 6) is -0.0629. The number of halogens is 2. The molecule has 6 nitrogen and oxygen atoms in total. The highest BCUT2D eigenvalue weighted by molar-refractivity contribution is 7.22. The third-order valence-electron chi connectivity index (χ3n) is 5.38. The topological polar surface area (TPSA) is 73.2 Å². The van der Waals surface area contributed by atoms with Gasteiger partial charge in [0.05, 0.1) is 15.9 Å². The predicted octanol–water partition coefficient (Wildman–Crippen LogP) is 5.52. The summed E-state index contributed by atoms with van der Waals surface area (Å²) in [4.78, 5) is 29.4. The van der Waals surface area contributed by atoms with Gasteiger partial charge in [0.25, 0.3) is 0 Å². The van der Waals surface area contributed by atoms with Gasteiger partial charge in [0.1, 0.15) is 11.8 Å². The molecule has 0 bridgehead atoms. The molecule has 1 aliphatic heterocycles. The highest BCUT2D eigenvalue weighted by Gasteiger charge is 2.30. The average molecular weight is 453 g/mol. The van der Waals surface area contributed by atoms with Crippen LogP contribution in [0, 0.1) is 0 Å². The summed E-state index contributed by atoms with van der Waals surface area (Å²) in [6.07, 6.45) is 2.54. The Labute approximate surface area is 185 Å². The first-order valence-electron chi connectivity index (χ1n) is 9.95. The Hall–Kier alpha value is -3.59. The van der Waals surface area contributed by atoms with Crippen molar-refractivity contribution in [2.24, 2.45) is 0 Å². The van der Waals surface area contributed by atoms with Crippen LogP contribution in [0.25, 0.3) is 21.3 Å². The number of nitrogens with one attached hydrogen (secondary N) is 1. The number of amides is 1. The summed E-state index contributed by atoms with van der Waals surface area (Å²) in [6.45, 7) is -2.86. The van der Waals surface area contributed by atoms with Gasteiger partial charge in [-0.3, -0.25) is 9.59 Å². The largest absolute Gasteiger partial charge is 0.435 e. The number of hydrogen-bond acceptors (Lipinski definition) is 5. The normalized spacial score (nSPS) is 15.7. The monoisotopic (exact) mass is 453 g/mol. The van der Waals surface area contributed by atoms with Gasteiger partial charge in [-0.2, -0.15) is 8.78 Å². The molecule has 0 spiro atoms. The molecule has 0 saturated carbocycles. The van der Waals surface area contributed by atoms with E-state index in [4.69, 9.17) is 0 Å². The van der Waals surface area contributed by atoms with Crippen LogP contribution in [0.5, 0.6) is 5.75 Å². The Morgan fingerprint density at radius 1 is 1.16 bits per heavy atom. The highest BCUT2D eigenvalue weighted by atomic mass is 32.1. The van der Waals surface area contributed by atoms with E-state index in [1.54, 1.807) is 35.0 Å². The van der Waals surface area contributed by atoms with Crippen LogP contribution in [-0.2, 0) is 4.79 Å². The first-order chi connectivity index (χ1) is 15.5. The Morgan fingerprint density at radius 2 is 1.94 bits per heavy atom. The van der Waals surface area contributed by atoms with Gasteiger partial charge in [0.15, 0.2) is 10.9 Å². The zero-order valence-electron chi connectivity index (χ0n) is 16.6. The minimum atomic E-state index is -2.86. The fraction of sp³-hybridized carbons (Fsp3) is 0.174. The van der Waals surface area contributed by atoms with Crippen molar-refractivity contribution in [2.75, 3.05) is 5.32 Å². The Morgan fingerprint density at radius 3 is 2.72 bits per heavy atom. The van der Waals surface area contributed by atoms with Crippen LogP contribution < -0.4 is 10.1 Å². The van der Waals surface area contributed by atoms with Crippen molar-refractivity contribution in [3.8, 4) is 16.9 Å². The van der Waals surface area contributed by atoms with E-state index in [-0.39, 0.29) is 17.4 Å². The van der Waals surface area contributed by atoms with Crippen LogP contribution in [0.4, 0.5) is 13.9 Å². The molecule has 0 fully saturated rings. The highest BCUT2D eigenvalue weighted by Crippen LogP contribution is 2.33. The van der Waals surface area contributed by atoms with E-state index in [2.05, 4.69) is 15.0 Å². The number of fused-ring (bicyclic) bond motifs is 2. The molecule has 3 heterocycles. The van der Waals surface area contributed by atoms with Crippen LogP contribution in [0.3, 0.4) is 0 Å². The molecule has 2 aromatic carbocycles. The zero-order chi connectivity index (χ0) is 22.2. The van der Waals surface area contributed by atoms with Crippen molar-refractivity contribution in [2.45, 2.75) is 25.5 Å². The number of nitrogens with zero attached hydrogens (tertiary/aromatic N) is 2. The molecule has 1 atom stereocenters. The molecule has 5 rings (SSSR count).